The van der Waals surface area contributed by atoms with E-state index in [9.17, 15) is 39.9 Å². The van der Waals surface area contributed by atoms with Gasteiger partial charge in [0.25, 0.3) is 0 Å². The zero-order chi connectivity index (χ0) is 20.6. The summed E-state index contributed by atoms with van der Waals surface area (Å²) in [5.41, 5.74) is -0.905. The van der Waals surface area contributed by atoms with Crippen LogP contribution in [0.5, 0.6) is 0 Å². The fourth-order valence-electron chi connectivity index (χ4n) is 5.56. The summed E-state index contributed by atoms with van der Waals surface area (Å²) in [5, 5.41) is 0. The number of alkyl halides is 8. The van der Waals surface area contributed by atoms with E-state index in [2.05, 4.69) is 4.74 Å². The third-order valence-electron chi connectivity index (χ3n) is 7.02. The summed E-state index contributed by atoms with van der Waals surface area (Å²) in [5.74, 6) is -15.3. The van der Waals surface area contributed by atoms with Crippen molar-refractivity contribution >= 4 is 5.97 Å². The van der Waals surface area contributed by atoms with Gasteiger partial charge in [-0.15, -0.1) is 0 Å². The summed E-state index contributed by atoms with van der Waals surface area (Å²) in [7, 11) is 0. The van der Waals surface area contributed by atoms with E-state index in [0.717, 1.165) is 6.42 Å². The summed E-state index contributed by atoms with van der Waals surface area (Å²) in [6.45, 7) is 1.81. The van der Waals surface area contributed by atoms with Crippen LogP contribution in [-0.2, 0) is 9.53 Å². The Balaban J connectivity index is 1.59. The van der Waals surface area contributed by atoms with Gasteiger partial charge in [0, 0.05) is 12.8 Å². The van der Waals surface area contributed by atoms with Crippen molar-refractivity contribution in [3.05, 3.63) is 0 Å². The molecule has 4 aliphatic rings. The number of hydrogen-bond acceptors (Lipinski definition) is 2. The second-order valence-corrected chi connectivity index (χ2v) is 8.16. The van der Waals surface area contributed by atoms with Crippen molar-refractivity contribution in [2.24, 2.45) is 35.0 Å². The Kier molecular flexibility index (Phi) is 4.55. The molecule has 0 N–H and O–H groups in total. The maximum Gasteiger partial charge on any atom is 0.343 e. The summed E-state index contributed by atoms with van der Waals surface area (Å²) < 4.78 is 109. The van der Waals surface area contributed by atoms with Crippen LogP contribution in [0.25, 0.3) is 0 Å². The fourth-order valence-corrected chi connectivity index (χ4v) is 5.56. The monoisotopic (exact) mass is 408 g/mol. The molecule has 156 valence electrons. The lowest BCUT2D eigenvalue weighted by atomic mass is 9.90. The lowest BCUT2D eigenvalue weighted by Crippen LogP contribution is -2.46. The molecular weight excluding hydrogens is 388 g/mol. The van der Waals surface area contributed by atoms with E-state index in [-0.39, 0.29) is 29.6 Å². The minimum absolute atomic E-state index is 0.00358. The predicted molar refractivity (Wildman–Crippen MR) is 76.9 cm³/mol. The highest BCUT2D eigenvalue weighted by Gasteiger charge is 2.85. The third-order valence-corrected chi connectivity index (χ3v) is 7.02. The Morgan fingerprint density at radius 1 is 1.07 bits per heavy atom. The van der Waals surface area contributed by atoms with Crippen LogP contribution in [0.2, 0.25) is 0 Å². The molecular formula is C17H20F8O2. The van der Waals surface area contributed by atoms with Gasteiger partial charge in [-0.25, -0.2) is 17.6 Å². The molecule has 0 aromatic carbocycles. The molecule has 4 bridgehead atoms. The van der Waals surface area contributed by atoms with Gasteiger partial charge in [0.2, 0.25) is 0 Å². The Hall–Kier alpha value is -1.09. The van der Waals surface area contributed by atoms with Crippen LogP contribution in [0.4, 0.5) is 35.1 Å². The molecule has 10 heteroatoms. The number of esters is 1. The van der Waals surface area contributed by atoms with Crippen molar-refractivity contribution in [3.8, 4) is 0 Å². The predicted octanol–water partition coefficient (Wildman–Crippen LogP) is 5.02. The van der Waals surface area contributed by atoms with Gasteiger partial charge in [-0.3, -0.25) is 4.79 Å². The topological polar surface area (TPSA) is 26.3 Å². The van der Waals surface area contributed by atoms with Gasteiger partial charge in [-0.2, -0.15) is 17.6 Å². The Labute approximate surface area is 150 Å². The molecule has 4 aliphatic carbocycles. The van der Waals surface area contributed by atoms with E-state index in [1.807, 2.05) is 13.8 Å². The van der Waals surface area contributed by atoms with E-state index in [1.165, 1.54) is 0 Å². The van der Waals surface area contributed by atoms with E-state index < -0.39 is 55.0 Å². The molecule has 27 heavy (non-hydrogen) atoms. The highest BCUT2D eigenvalue weighted by molar-refractivity contribution is 5.84. The fraction of sp³-hybridized carbons (Fsp3) is 0.941. The van der Waals surface area contributed by atoms with Gasteiger partial charge in [0.05, 0.1) is 5.41 Å². The lowest BCUT2D eigenvalue weighted by molar-refractivity contribution is -0.243. The molecule has 0 spiro atoms. The smallest absolute Gasteiger partial charge is 0.343 e. The maximum absolute atomic E-state index is 13.8. The zero-order valence-electron chi connectivity index (χ0n) is 14.6. The number of hydrogen-bond donors (Lipinski definition) is 0. The van der Waals surface area contributed by atoms with Gasteiger partial charge < -0.3 is 4.74 Å². The quantitative estimate of drug-likeness (QED) is 0.417. The molecule has 0 saturated heterocycles. The van der Waals surface area contributed by atoms with Crippen LogP contribution in [0, 0.1) is 35.0 Å². The van der Waals surface area contributed by atoms with E-state index >= 15 is 0 Å². The molecule has 6 unspecified atom stereocenters. The molecule has 6 atom stereocenters. The van der Waals surface area contributed by atoms with Crippen molar-refractivity contribution in [1.82, 2.24) is 0 Å². The number of rotatable bonds is 8. The highest BCUT2D eigenvalue weighted by atomic mass is 19.3. The molecule has 2 nitrogen and oxygen atoms in total. The number of carbonyl (C=O) groups excluding carboxylic acids is 1. The number of carbonyl (C=O) groups is 1. The Bertz CT molecular complexity index is 618. The van der Waals surface area contributed by atoms with Crippen LogP contribution >= 0.6 is 0 Å². The standard InChI is InChI=1S/C17H20F8O2/c1-7-9-5-10-11(7)17(10,8(9)2)13(26)27-6-16(24,25)15(22,23)4-3-14(20,21)12(18)19/h7-12H,3-6H2,1-2H3. The van der Waals surface area contributed by atoms with Gasteiger partial charge in [-0.05, 0) is 36.0 Å². The molecule has 0 amide bonds. The molecule has 0 aromatic heterocycles. The highest BCUT2D eigenvalue weighted by Crippen LogP contribution is 2.83. The summed E-state index contributed by atoms with van der Waals surface area (Å²) in [6, 6.07) is 0. The first-order chi connectivity index (χ1) is 12.2. The third kappa shape index (κ3) is 2.75. The SMILES string of the molecule is CC1C2CC3C1C3(C(=O)OCC(F)(F)C(F)(F)CCC(F)(F)C(F)F)C2C. The molecule has 0 aromatic rings. The first-order valence-corrected chi connectivity index (χ1v) is 8.79. The van der Waals surface area contributed by atoms with Crippen LogP contribution in [0.15, 0.2) is 0 Å². The van der Waals surface area contributed by atoms with Gasteiger partial charge in [0.15, 0.2) is 6.61 Å². The average molecular weight is 408 g/mol. The van der Waals surface area contributed by atoms with E-state index in [0.29, 0.717) is 0 Å². The van der Waals surface area contributed by atoms with E-state index in [4.69, 9.17) is 0 Å². The normalized spacial score (nSPS) is 37.8. The molecule has 0 radical (unpaired) electrons. The van der Waals surface area contributed by atoms with E-state index in [1.54, 1.807) is 0 Å². The van der Waals surface area contributed by atoms with Gasteiger partial charge in [-0.1, -0.05) is 13.8 Å². The van der Waals surface area contributed by atoms with Crippen molar-refractivity contribution < 1.29 is 44.7 Å². The lowest BCUT2D eigenvalue weighted by Gasteiger charge is -2.28. The number of ether oxygens (including phenoxy) is 1. The minimum Gasteiger partial charge on any atom is -0.459 e. The van der Waals surface area contributed by atoms with Crippen LogP contribution in [0.3, 0.4) is 0 Å². The van der Waals surface area contributed by atoms with Gasteiger partial charge >= 0.3 is 30.2 Å². The van der Waals surface area contributed by atoms with Crippen molar-refractivity contribution in [3.63, 3.8) is 0 Å². The van der Waals surface area contributed by atoms with Crippen molar-refractivity contribution in [2.45, 2.75) is 57.3 Å². The van der Waals surface area contributed by atoms with Gasteiger partial charge in [0.1, 0.15) is 0 Å². The van der Waals surface area contributed by atoms with Crippen LogP contribution < -0.4 is 0 Å². The number of halogens is 8. The molecule has 4 rings (SSSR count). The summed E-state index contributed by atoms with van der Waals surface area (Å²) >= 11 is 0. The average Bonchev–Trinajstić information content (AvgIpc) is 2.85. The Morgan fingerprint density at radius 2 is 1.67 bits per heavy atom. The zero-order valence-corrected chi connectivity index (χ0v) is 14.6. The minimum atomic E-state index is -5.01. The summed E-state index contributed by atoms with van der Waals surface area (Å²) in [4.78, 5) is 12.4. The first kappa shape index (κ1) is 20.6. The largest absolute Gasteiger partial charge is 0.459 e. The van der Waals surface area contributed by atoms with Crippen molar-refractivity contribution in [2.75, 3.05) is 6.61 Å². The summed E-state index contributed by atoms with van der Waals surface area (Å²) in [6.07, 6.45) is -7.72. The second-order valence-electron chi connectivity index (χ2n) is 8.16. The molecule has 4 fully saturated rings. The molecule has 0 aliphatic heterocycles. The first-order valence-electron chi connectivity index (χ1n) is 8.79. The Morgan fingerprint density at radius 3 is 2.07 bits per heavy atom. The molecule has 0 heterocycles. The van der Waals surface area contributed by atoms with Crippen molar-refractivity contribution in [1.29, 1.82) is 0 Å². The maximum atomic E-state index is 13.8. The second kappa shape index (κ2) is 5.95. The van der Waals surface area contributed by atoms with Crippen LogP contribution in [-0.4, -0.2) is 36.8 Å². The molecule has 4 saturated carbocycles. The van der Waals surface area contributed by atoms with Crippen LogP contribution in [0.1, 0.15) is 33.1 Å².